The molecule has 0 aromatic carbocycles. The van der Waals surface area contributed by atoms with Crippen LogP contribution in [0.3, 0.4) is 0 Å². The first-order valence-electron chi connectivity index (χ1n) is 2.03. The van der Waals surface area contributed by atoms with Crippen molar-refractivity contribution in [3.63, 3.8) is 0 Å². The Labute approximate surface area is 47.2 Å². The summed E-state index contributed by atoms with van der Waals surface area (Å²) in [7, 11) is 0. The molecule has 1 heterocycles. The first-order valence-corrected chi connectivity index (χ1v) is 2.03. The summed E-state index contributed by atoms with van der Waals surface area (Å²) in [5, 5.41) is 9.82. The van der Waals surface area contributed by atoms with Crippen LogP contribution in [0.4, 0.5) is 0 Å². The molecule has 0 saturated heterocycles. The average molecular weight is 113 g/mol. The van der Waals surface area contributed by atoms with Crippen LogP contribution < -0.4 is 5.16 Å². The Morgan fingerprint density at radius 2 is 1.75 bits per heavy atom. The molecule has 0 aliphatic rings. The molecule has 0 atom stereocenters. The van der Waals surface area contributed by atoms with Gasteiger partial charge in [-0.05, 0) is 12.1 Å². The fourth-order valence-corrected chi connectivity index (χ4v) is 0.227. The van der Waals surface area contributed by atoms with Gasteiger partial charge in [-0.2, -0.15) is 0 Å². The van der Waals surface area contributed by atoms with Gasteiger partial charge in [0.15, 0.2) is 0 Å². The van der Waals surface area contributed by atoms with E-state index in [1.54, 1.807) is 12.5 Å². The zero-order valence-electron chi connectivity index (χ0n) is 4.33. The largest absolute Gasteiger partial charge is 0.626 e. The van der Waals surface area contributed by atoms with E-state index in [4.69, 9.17) is 5.21 Å². The average Bonchev–Trinajstić information content (AvgIpc) is 2.17. The molecule has 1 N–H and O–H groups in total. The Kier molecular flexibility index (Phi) is 4.85. The van der Waals surface area contributed by atoms with Gasteiger partial charge in [0.2, 0.25) is 0 Å². The summed E-state index contributed by atoms with van der Waals surface area (Å²) >= 11 is 0. The van der Waals surface area contributed by atoms with Gasteiger partial charge in [0.1, 0.15) is 6.72 Å². The molecule has 1 rings (SSSR count). The van der Waals surface area contributed by atoms with Crippen molar-refractivity contribution < 1.29 is 9.57 Å². The minimum Gasteiger partial charge on any atom is -0.626 e. The third kappa shape index (κ3) is 4.75. The van der Waals surface area contributed by atoms with E-state index in [1.807, 2.05) is 12.1 Å². The zero-order valence-corrected chi connectivity index (χ0v) is 4.33. The van der Waals surface area contributed by atoms with Crippen molar-refractivity contribution in [1.82, 2.24) is 0 Å². The summed E-state index contributed by atoms with van der Waals surface area (Å²) < 4.78 is 4.58. The van der Waals surface area contributed by atoms with E-state index in [0.29, 0.717) is 0 Å². The Morgan fingerprint density at radius 1 is 1.38 bits per heavy atom. The topological polar surface area (TPSA) is 50.2 Å². The number of nitrogens with one attached hydrogen (secondary N) is 1. The molecule has 3 heteroatoms. The highest BCUT2D eigenvalue weighted by Crippen LogP contribution is 1.79. The highest BCUT2D eigenvalue weighted by atomic mass is 16.4. The predicted molar refractivity (Wildman–Crippen MR) is 30.2 cm³/mol. The maximum Gasteiger partial charge on any atom is 0.136 e. The predicted octanol–water partition coefficient (Wildman–Crippen LogP) is -0.455. The molecule has 8 heavy (non-hydrogen) atoms. The van der Waals surface area contributed by atoms with Crippen molar-refractivity contribution in [3.05, 3.63) is 29.9 Å². The van der Waals surface area contributed by atoms with Gasteiger partial charge in [-0.15, -0.1) is 0 Å². The molecule has 1 aromatic rings. The number of rotatable bonds is 0. The van der Waals surface area contributed by atoms with Crippen LogP contribution in [0.5, 0.6) is 0 Å². The van der Waals surface area contributed by atoms with Gasteiger partial charge in [0, 0.05) is 0 Å². The smallest absolute Gasteiger partial charge is 0.136 e. The van der Waals surface area contributed by atoms with E-state index in [2.05, 4.69) is 11.1 Å². The first kappa shape index (κ1) is 6.75. The maximum atomic E-state index is 8.57. The first-order chi connectivity index (χ1) is 3.91. The highest BCUT2D eigenvalue weighted by Gasteiger charge is 1.58. The van der Waals surface area contributed by atoms with Crippen LogP contribution in [0.2, 0.25) is 0 Å². The van der Waals surface area contributed by atoms with Gasteiger partial charge in [0.25, 0.3) is 0 Å². The van der Waals surface area contributed by atoms with E-state index < -0.39 is 0 Å². The van der Waals surface area contributed by atoms with Crippen LogP contribution in [0.15, 0.2) is 29.1 Å². The van der Waals surface area contributed by atoms with Crippen LogP contribution in [0, 0.1) is 5.21 Å². The van der Waals surface area contributed by atoms with Gasteiger partial charge in [0.05, 0.1) is 12.5 Å². The Hall–Kier alpha value is -1.25. The minimum absolute atomic E-state index is 1.25. The Morgan fingerprint density at radius 3 is 1.88 bits per heavy atom. The zero-order chi connectivity index (χ0) is 6.24. The number of hydrogen-bond donors (Lipinski definition) is 1. The van der Waals surface area contributed by atoms with Gasteiger partial charge in [-0.3, -0.25) is 0 Å². The van der Waals surface area contributed by atoms with Gasteiger partial charge < -0.3 is 9.62 Å². The molecule has 0 radical (unpaired) electrons. The molecular weight excluding hydrogens is 106 g/mol. The van der Waals surface area contributed by atoms with Crippen LogP contribution >= 0.6 is 0 Å². The minimum atomic E-state index is 1.25. The molecular formula is C5H7NO2. The second-order valence-corrected chi connectivity index (χ2v) is 0.937. The standard InChI is InChI=1S/C4H4O.CH3NO/c1-2-4-5-3-1;1-2-3/h1-4H;2H,1H2. The molecule has 0 spiro atoms. The summed E-state index contributed by atoms with van der Waals surface area (Å²) in [6.07, 6.45) is 3.25. The molecule has 0 amide bonds. The third-order valence-corrected chi connectivity index (χ3v) is 0.425. The lowest BCUT2D eigenvalue weighted by molar-refractivity contribution is -0.361. The summed E-state index contributed by atoms with van der Waals surface area (Å²) in [4.78, 5) is 0. The van der Waals surface area contributed by atoms with E-state index in [9.17, 15) is 0 Å². The van der Waals surface area contributed by atoms with Gasteiger partial charge >= 0.3 is 0 Å². The summed E-state index contributed by atoms with van der Waals surface area (Å²) in [5.74, 6) is 0. The number of furan rings is 1. The van der Waals surface area contributed by atoms with Gasteiger partial charge in [-0.25, -0.2) is 5.16 Å². The van der Waals surface area contributed by atoms with E-state index >= 15 is 0 Å². The molecule has 44 valence electrons. The van der Waals surface area contributed by atoms with E-state index in [-0.39, 0.29) is 0 Å². The second-order valence-electron chi connectivity index (χ2n) is 0.937. The van der Waals surface area contributed by atoms with Crippen molar-refractivity contribution in [2.45, 2.75) is 0 Å². The van der Waals surface area contributed by atoms with E-state index in [0.717, 1.165) is 0 Å². The van der Waals surface area contributed by atoms with Crippen LogP contribution in [-0.2, 0) is 0 Å². The SMILES string of the molecule is C=[NH+][O-].c1ccoc1. The molecule has 1 aromatic heterocycles. The fraction of sp³-hybridized carbons (Fsp3) is 0. The normalized spacial score (nSPS) is 6.50. The number of hydrogen-bond acceptors (Lipinski definition) is 2. The molecule has 0 bridgehead atoms. The van der Waals surface area contributed by atoms with E-state index in [1.165, 1.54) is 5.16 Å². The summed E-state index contributed by atoms with van der Waals surface area (Å²) in [5.41, 5.74) is 0. The van der Waals surface area contributed by atoms with Gasteiger partial charge in [-0.1, -0.05) is 0 Å². The van der Waals surface area contributed by atoms with Crippen molar-refractivity contribution in [3.8, 4) is 0 Å². The lowest BCUT2D eigenvalue weighted by Crippen LogP contribution is -2.56. The molecule has 0 unspecified atom stereocenters. The Balaban J connectivity index is 0.000000145. The lowest BCUT2D eigenvalue weighted by Gasteiger charge is -1.58. The molecule has 0 aliphatic heterocycles. The molecule has 0 fully saturated rings. The quantitative estimate of drug-likeness (QED) is 0.281. The van der Waals surface area contributed by atoms with Crippen LogP contribution in [0.1, 0.15) is 0 Å². The summed E-state index contributed by atoms with van der Waals surface area (Å²) in [6, 6.07) is 3.67. The maximum absolute atomic E-state index is 8.57. The molecule has 3 nitrogen and oxygen atoms in total. The van der Waals surface area contributed by atoms with Crippen LogP contribution in [0.25, 0.3) is 0 Å². The van der Waals surface area contributed by atoms with Crippen LogP contribution in [-0.4, -0.2) is 6.72 Å². The van der Waals surface area contributed by atoms with Crippen molar-refractivity contribution >= 4 is 6.72 Å². The lowest BCUT2D eigenvalue weighted by atomic mass is 10.7. The monoisotopic (exact) mass is 113 g/mol. The van der Waals surface area contributed by atoms with Crippen molar-refractivity contribution in [2.75, 3.05) is 0 Å². The van der Waals surface area contributed by atoms with Crippen molar-refractivity contribution in [2.24, 2.45) is 0 Å². The molecule has 0 aliphatic carbocycles. The van der Waals surface area contributed by atoms with Crippen molar-refractivity contribution in [1.29, 1.82) is 0 Å². The highest BCUT2D eigenvalue weighted by molar-refractivity contribution is 5.12. The molecule has 0 saturated carbocycles. The Bertz CT molecular complexity index is 96.8. The third-order valence-electron chi connectivity index (χ3n) is 0.425. The second kappa shape index (κ2) is 5.75. The summed E-state index contributed by atoms with van der Waals surface area (Å²) in [6.45, 7) is 2.68. The fourth-order valence-electron chi connectivity index (χ4n) is 0.227.